The number of rotatable bonds is 10. The van der Waals surface area contributed by atoms with Crippen molar-refractivity contribution in [3.8, 4) is 5.75 Å². The molecule has 6 nitrogen and oxygen atoms in total. The molecule has 0 unspecified atom stereocenters. The van der Waals surface area contributed by atoms with Crippen LogP contribution >= 0.6 is 0 Å². The fraction of sp³-hybridized carbons (Fsp3) is 0.650. The van der Waals surface area contributed by atoms with Crippen molar-refractivity contribution in [3.63, 3.8) is 0 Å². The monoisotopic (exact) mass is 363 g/mol. The molecule has 146 valence electrons. The Hall–Kier alpha value is -1.63. The zero-order valence-electron chi connectivity index (χ0n) is 16.4. The summed E-state index contributed by atoms with van der Waals surface area (Å²) in [5.41, 5.74) is 1.23. The van der Waals surface area contributed by atoms with Crippen LogP contribution in [0.1, 0.15) is 19.4 Å². The molecule has 0 aliphatic carbocycles. The number of carbonyl (C=O) groups is 1. The molecule has 0 aromatic heterocycles. The Morgan fingerprint density at radius 1 is 1.04 bits per heavy atom. The molecule has 0 saturated carbocycles. The molecular formula is C20H33N3O3. The van der Waals surface area contributed by atoms with Gasteiger partial charge >= 0.3 is 0 Å². The molecule has 26 heavy (non-hydrogen) atoms. The van der Waals surface area contributed by atoms with Crippen molar-refractivity contribution in [2.24, 2.45) is 0 Å². The summed E-state index contributed by atoms with van der Waals surface area (Å²) >= 11 is 0. The molecular weight excluding hydrogens is 330 g/mol. The number of piperazine rings is 1. The third-order valence-corrected chi connectivity index (χ3v) is 4.35. The number of amides is 1. The van der Waals surface area contributed by atoms with Gasteiger partial charge in [0.2, 0.25) is 5.91 Å². The van der Waals surface area contributed by atoms with Crippen LogP contribution in [-0.4, -0.2) is 80.8 Å². The van der Waals surface area contributed by atoms with Gasteiger partial charge in [-0.2, -0.15) is 0 Å². The third-order valence-electron chi connectivity index (χ3n) is 4.35. The SMILES string of the molecule is Cc1ccc(OCCOCCN2CCN(CC(=O)NC(C)C)CC2)cc1. The maximum Gasteiger partial charge on any atom is 0.234 e. The summed E-state index contributed by atoms with van der Waals surface area (Å²) in [7, 11) is 0. The number of benzene rings is 1. The summed E-state index contributed by atoms with van der Waals surface area (Å²) in [4.78, 5) is 16.4. The Morgan fingerprint density at radius 3 is 2.35 bits per heavy atom. The lowest BCUT2D eigenvalue weighted by atomic mass is 10.2. The largest absolute Gasteiger partial charge is 0.491 e. The number of hydrogen-bond acceptors (Lipinski definition) is 5. The Kier molecular flexibility index (Phi) is 8.88. The van der Waals surface area contributed by atoms with Gasteiger partial charge in [0, 0.05) is 38.8 Å². The van der Waals surface area contributed by atoms with Gasteiger partial charge in [0.1, 0.15) is 12.4 Å². The molecule has 1 heterocycles. The Bertz CT molecular complexity index is 526. The fourth-order valence-electron chi connectivity index (χ4n) is 2.89. The quantitative estimate of drug-likeness (QED) is 0.639. The molecule has 1 N–H and O–H groups in total. The van der Waals surface area contributed by atoms with Crippen LogP contribution in [0.25, 0.3) is 0 Å². The van der Waals surface area contributed by atoms with E-state index in [0.29, 0.717) is 26.4 Å². The Morgan fingerprint density at radius 2 is 1.69 bits per heavy atom. The average molecular weight is 364 g/mol. The molecule has 0 radical (unpaired) electrons. The van der Waals surface area contributed by atoms with E-state index in [1.54, 1.807) is 0 Å². The summed E-state index contributed by atoms with van der Waals surface area (Å²) < 4.78 is 11.3. The van der Waals surface area contributed by atoms with Gasteiger partial charge in [-0.15, -0.1) is 0 Å². The predicted octanol–water partition coefficient (Wildman–Crippen LogP) is 1.53. The van der Waals surface area contributed by atoms with Crippen molar-refractivity contribution in [1.29, 1.82) is 0 Å². The minimum atomic E-state index is 0.116. The van der Waals surface area contributed by atoms with Crippen LogP contribution in [0.4, 0.5) is 0 Å². The molecule has 1 saturated heterocycles. The molecule has 1 aliphatic rings. The molecule has 1 amide bonds. The van der Waals surface area contributed by atoms with Crippen LogP contribution < -0.4 is 10.1 Å². The lowest BCUT2D eigenvalue weighted by molar-refractivity contribution is -0.123. The minimum Gasteiger partial charge on any atom is -0.491 e. The lowest BCUT2D eigenvalue weighted by Gasteiger charge is -2.34. The van der Waals surface area contributed by atoms with E-state index in [-0.39, 0.29) is 11.9 Å². The van der Waals surface area contributed by atoms with Crippen LogP contribution in [0.5, 0.6) is 5.75 Å². The number of carbonyl (C=O) groups excluding carboxylic acids is 1. The summed E-state index contributed by atoms with van der Waals surface area (Å²) in [6.07, 6.45) is 0. The summed E-state index contributed by atoms with van der Waals surface area (Å²) in [5, 5.41) is 2.94. The van der Waals surface area contributed by atoms with Gasteiger partial charge in [-0.05, 0) is 32.9 Å². The standard InChI is InChI=1S/C20H33N3O3/c1-17(2)21-20(24)16-23-10-8-22(9-11-23)12-13-25-14-15-26-19-6-4-18(3)5-7-19/h4-7,17H,8-16H2,1-3H3,(H,21,24). The van der Waals surface area contributed by atoms with Crippen molar-refractivity contribution in [2.45, 2.75) is 26.8 Å². The highest BCUT2D eigenvalue weighted by molar-refractivity contribution is 5.78. The van der Waals surface area contributed by atoms with E-state index in [1.165, 1.54) is 5.56 Å². The van der Waals surface area contributed by atoms with Gasteiger partial charge in [0.15, 0.2) is 0 Å². The van der Waals surface area contributed by atoms with Crippen molar-refractivity contribution in [1.82, 2.24) is 15.1 Å². The van der Waals surface area contributed by atoms with Crippen molar-refractivity contribution in [3.05, 3.63) is 29.8 Å². The minimum absolute atomic E-state index is 0.116. The highest BCUT2D eigenvalue weighted by Crippen LogP contribution is 2.10. The molecule has 1 fully saturated rings. The van der Waals surface area contributed by atoms with E-state index < -0.39 is 0 Å². The van der Waals surface area contributed by atoms with E-state index in [0.717, 1.165) is 38.5 Å². The second kappa shape index (κ2) is 11.2. The van der Waals surface area contributed by atoms with E-state index in [1.807, 2.05) is 38.1 Å². The molecule has 1 aromatic rings. The van der Waals surface area contributed by atoms with Gasteiger partial charge < -0.3 is 14.8 Å². The average Bonchev–Trinajstić information content (AvgIpc) is 2.60. The molecule has 1 aromatic carbocycles. The van der Waals surface area contributed by atoms with Crippen molar-refractivity contribution in [2.75, 3.05) is 59.1 Å². The molecule has 2 rings (SSSR count). The molecule has 0 atom stereocenters. The van der Waals surface area contributed by atoms with Crippen molar-refractivity contribution < 1.29 is 14.3 Å². The fourth-order valence-corrected chi connectivity index (χ4v) is 2.89. The Balaban J connectivity index is 1.48. The first-order chi connectivity index (χ1) is 12.5. The molecule has 6 heteroatoms. The zero-order chi connectivity index (χ0) is 18.8. The Labute approximate surface area is 157 Å². The number of aryl methyl sites for hydroxylation is 1. The van der Waals surface area contributed by atoms with Crippen LogP contribution in [0, 0.1) is 6.92 Å². The maximum atomic E-state index is 11.8. The number of nitrogens with zero attached hydrogens (tertiary/aromatic N) is 2. The first-order valence-corrected chi connectivity index (χ1v) is 9.54. The summed E-state index contributed by atoms with van der Waals surface area (Å²) in [6, 6.07) is 8.26. The van der Waals surface area contributed by atoms with Gasteiger partial charge in [-0.3, -0.25) is 14.6 Å². The first-order valence-electron chi connectivity index (χ1n) is 9.54. The number of hydrogen-bond donors (Lipinski definition) is 1. The van der Waals surface area contributed by atoms with E-state index in [2.05, 4.69) is 22.0 Å². The highest BCUT2D eigenvalue weighted by Gasteiger charge is 2.18. The van der Waals surface area contributed by atoms with E-state index in [4.69, 9.17) is 9.47 Å². The number of nitrogens with one attached hydrogen (secondary N) is 1. The second-order valence-corrected chi connectivity index (χ2v) is 7.11. The van der Waals surface area contributed by atoms with Crippen LogP contribution in [0.15, 0.2) is 24.3 Å². The first kappa shape index (κ1) is 20.7. The zero-order valence-corrected chi connectivity index (χ0v) is 16.4. The summed E-state index contributed by atoms with van der Waals surface area (Å²) in [6.45, 7) is 13.2. The maximum absolute atomic E-state index is 11.8. The second-order valence-electron chi connectivity index (χ2n) is 7.11. The van der Waals surface area contributed by atoms with Crippen LogP contribution in [0.2, 0.25) is 0 Å². The molecule has 0 bridgehead atoms. The van der Waals surface area contributed by atoms with E-state index in [9.17, 15) is 4.79 Å². The van der Waals surface area contributed by atoms with Gasteiger partial charge in [-0.1, -0.05) is 17.7 Å². The molecule has 1 aliphatic heterocycles. The molecule has 0 spiro atoms. The smallest absolute Gasteiger partial charge is 0.234 e. The predicted molar refractivity (Wildman–Crippen MR) is 104 cm³/mol. The van der Waals surface area contributed by atoms with Gasteiger partial charge in [-0.25, -0.2) is 0 Å². The van der Waals surface area contributed by atoms with Crippen LogP contribution in [0.3, 0.4) is 0 Å². The van der Waals surface area contributed by atoms with Gasteiger partial charge in [0.05, 0.1) is 19.8 Å². The third kappa shape index (κ3) is 8.17. The van der Waals surface area contributed by atoms with Gasteiger partial charge in [0.25, 0.3) is 0 Å². The topological polar surface area (TPSA) is 54.0 Å². The summed E-state index contributed by atoms with van der Waals surface area (Å²) in [5.74, 6) is 1.00. The number of ether oxygens (including phenoxy) is 2. The van der Waals surface area contributed by atoms with Crippen LogP contribution in [-0.2, 0) is 9.53 Å². The highest BCUT2D eigenvalue weighted by atomic mass is 16.5. The van der Waals surface area contributed by atoms with E-state index >= 15 is 0 Å². The normalized spacial score (nSPS) is 16.0. The lowest BCUT2D eigenvalue weighted by Crippen LogP contribution is -2.50. The van der Waals surface area contributed by atoms with Crippen molar-refractivity contribution >= 4 is 5.91 Å².